The summed E-state index contributed by atoms with van der Waals surface area (Å²) >= 11 is 2.05. The summed E-state index contributed by atoms with van der Waals surface area (Å²) in [5.74, 6) is 1.40. The van der Waals surface area contributed by atoms with Gasteiger partial charge in [-0.05, 0) is 59.8 Å². The maximum absolute atomic E-state index is 12.2. The normalized spacial score (nSPS) is 10.7. The Bertz CT molecular complexity index is 840. The van der Waals surface area contributed by atoms with Crippen molar-refractivity contribution in [2.45, 2.75) is 13.3 Å². The highest BCUT2D eigenvalue weighted by molar-refractivity contribution is 14.1. The van der Waals surface area contributed by atoms with Crippen molar-refractivity contribution in [1.82, 2.24) is 4.98 Å². The zero-order chi connectivity index (χ0) is 16.4. The van der Waals surface area contributed by atoms with Gasteiger partial charge in [-0.15, -0.1) is 0 Å². The number of nitrogens with one attached hydrogen (secondary N) is 1. The molecule has 118 valence electrons. The second-order valence-corrected chi connectivity index (χ2v) is 6.05. The summed E-state index contributed by atoms with van der Waals surface area (Å²) in [7, 11) is 0. The predicted molar refractivity (Wildman–Crippen MR) is 92.1 cm³/mol. The lowest BCUT2D eigenvalue weighted by molar-refractivity contribution is -0.115. The molecule has 0 unspecified atom stereocenters. The van der Waals surface area contributed by atoms with Gasteiger partial charge in [-0.3, -0.25) is 4.79 Å². The molecule has 0 fully saturated rings. The van der Waals surface area contributed by atoms with Crippen LogP contribution in [0.25, 0.3) is 11.7 Å². The van der Waals surface area contributed by atoms with Crippen LogP contribution in [0, 0.1) is 10.5 Å². The Balaban J connectivity index is 1.73. The van der Waals surface area contributed by atoms with Gasteiger partial charge in [0, 0.05) is 3.57 Å². The molecule has 0 bridgehead atoms. The molecule has 1 amide bonds. The van der Waals surface area contributed by atoms with Crippen molar-refractivity contribution >= 4 is 34.2 Å². The second kappa shape index (κ2) is 6.45. The van der Waals surface area contributed by atoms with Crippen molar-refractivity contribution in [3.63, 3.8) is 0 Å². The minimum atomic E-state index is -0.212. The van der Waals surface area contributed by atoms with Crippen LogP contribution < -0.4 is 5.32 Å². The number of hydrogen-bond acceptors (Lipinski definition) is 5. The van der Waals surface area contributed by atoms with Crippen LogP contribution in [0.3, 0.4) is 0 Å². The zero-order valence-electron chi connectivity index (χ0n) is 12.2. The van der Waals surface area contributed by atoms with Crippen LogP contribution in [0.5, 0.6) is 5.75 Å². The van der Waals surface area contributed by atoms with Crippen molar-refractivity contribution in [2.75, 3.05) is 5.32 Å². The van der Waals surface area contributed by atoms with Gasteiger partial charge in [0.25, 0.3) is 5.89 Å². The van der Waals surface area contributed by atoms with Gasteiger partial charge in [-0.25, -0.2) is 4.98 Å². The number of rotatable bonds is 4. The van der Waals surface area contributed by atoms with Crippen LogP contribution in [-0.4, -0.2) is 16.0 Å². The summed E-state index contributed by atoms with van der Waals surface area (Å²) in [5, 5.41) is 12.2. The number of furan rings is 1. The quantitative estimate of drug-likeness (QED) is 0.492. The average Bonchev–Trinajstić information content (AvgIpc) is 3.13. The fraction of sp³-hybridized carbons (Fsp3) is 0.125. The van der Waals surface area contributed by atoms with E-state index >= 15 is 0 Å². The number of carbonyl (C=O) groups is 1. The maximum Gasteiger partial charge on any atom is 0.263 e. The van der Waals surface area contributed by atoms with E-state index in [1.807, 2.05) is 22.6 Å². The minimum absolute atomic E-state index is 0.0903. The summed E-state index contributed by atoms with van der Waals surface area (Å²) in [6.07, 6.45) is 1.63. The summed E-state index contributed by atoms with van der Waals surface area (Å²) in [6, 6.07) is 8.24. The largest absolute Gasteiger partial charge is 0.508 e. The Morgan fingerprint density at radius 2 is 2.22 bits per heavy atom. The molecule has 0 saturated heterocycles. The van der Waals surface area contributed by atoms with E-state index in [1.54, 1.807) is 31.2 Å². The van der Waals surface area contributed by atoms with Crippen molar-refractivity contribution in [3.05, 3.63) is 51.6 Å². The number of benzene rings is 1. The van der Waals surface area contributed by atoms with Crippen molar-refractivity contribution in [1.29, 1.82) is 0 Å². The minimum Gasteiger partial charge on any atom is -0.508 e. The third-order valence-electron chi connectivity index (χ3n) is 3.18. The third-order valence-corrected chi connectivity index (χ3v) is 4.07. The molecule has 0 aliphatic rings. The fourth-order valence-electron chi connectivity index (χ4n) is 2.05. The number of halogens is 1. The van der Waals surface area contributed by atoms with Gasteiger partial charge in [0.1, 0.15) is 11.5 Å². The van der Waals surface area contributed by atoms with E-state index < -0.39 is 0 Å². The molecule has 0 saturated carbocycles. The molecule has 0 radical (unpaired) electrons. The van der Waals surface area contributed by atoms with Crippen molar-refractivity contribution < 1.29 is 18.7 Å². The van der Waals surface area contributed by atoms with Crippen LogP contribution in [0.1, 0.15) is 11.5 Å². The Labute approximate surface area is 145 Å². The number of anilines is 1. The Morgan fingerprint density at radius 1 is 1.39 bits per heavy atom. The van der Waals surface area contributed by atoms with E-state index in [-0.39, 0.29) is 18.1 Å². The van der Waals surface area contributed by atoms with Crippen LogP contribution in [0.15, 0.2) is 45.4 Å². The molecule has 23 heavy (non-hydrogen) atoms. The second-order valence-electron chi connectivity index (χ2n) is 4.89. The molecule has 0 aliphatic heterocycles. The number of nitrogens with zero attached hydrogens (tertiary/aromatic N) is 1. The molecule has 2 heterocycles. The van der Waals surface area contributed by atoms with Gasteiger partial charge < -0.3 is 19.3 Å². The van der Waals surface area contributed by atoms with Gasteiger partial charge in [-0.1, -0.05) is 0 Å². The highest BCUT2D eigenvalue weighted by Gasteiger charge is 2.16. The predicted octanol–water partition coefficient (Wildman–Crippen LogP) is 3.73. The van der Waals surface area contributed by atoms with E-state index in [1.165, 1.54) is 12.3 Å². The summed E-state index contributed by atoms with van der Waals surface area (Å²) in [4.78, 5) is 16.5. The van der Waals surface area contributed by atoms with Crippen LogP contribution in [0.4, 0.5) is 5.69 Å². The fourth-order valence-corrected chi connectivity index (χ4v) is 2.68. The van der Waals surface area contributed by atoms with E-state index in [0.29, 0.717) is 28.8 Å². The van der Waals surface area contributed by atoms with Gasteiger partial charge in [0.2, 0.25) is 5.91 Å². The molecule has 0 aliphatic carbocycles. The van der Waals surface area contributed by atoms with Gasteiger partial charge in [0.05, 0.1) is 24.1 Å². The lowest BCUT2D eigenvalue weighted by atomic mass is 10.2. The first-order valence-corrected chi connectivity index (χ1v) is 7.89. The highest BCUT2D eigenvalue weighted by atomic mass is 127. The molecule has 0 spiro atoms. The highest BCUT2D eigenvalue weighted by Crippen LogP contribution is 2.24. The van der Waals surface area contributed by atoms with E-state index in [4.69, 9.17) is 8.83 Å². The SMILES string of the molecule is Cc1oc(-c2ccco2)nc1CC(=O)Nc1ccc(O)cc1I. The van der Waals surface area contributed by atoms with E-state index in [2.05, 4.69) is 10.3 Å². The van der Waals surface area contributed by atoms with Crippen LogP contribution >= 0.6 is 22.6 Å². The standard InChI is InChI=1S/C16H13IN2O4/c1-9-13(19-16(23-9)14-3-2-6-22-14)8-15(21)18-12-5-4-10(20)7-11(12)17/h2-7,20H,8H2,1H3,(H,18,21). The molecular formula is C16H13IN2O4. The Hall–Kier alpha value is -2.29. The number of phenols is 1. The zero-order valence-corrected chi connectivity index (χ0v) is 14.3. The van der Waals surface area contributed by atoms with Gasteiger partial charge in [0.15, 0.2) is 5.76 Å². The third kappa shape index (κ3) is 3.55. The summed E-state index contributed by atoms with van der Waals surface area (Å²) in [6.45, 7) is 1.76. The molecule has 0 atom stereocenters. The van der Waals surface area contributed by atoms with Gasteiger partial charge >= 0.3 is 0 Å². The van der Waals surface area contributed by atoms with Crippen LogP contribution in [-0.2, 0) is 11.2 Å². The number of aromatic hydroxyl groups is 1. The summed E-state index contributed by atoms with van der Waals surface area (Å²) in [5.41, 5.74) is 1.20. The molecule has 2 aromatic heterocycles. The number of aromatic nitrogens is 1. The smallest absolute Gasteiger partial charge is 0.263 e. The lowest BCUT2D eigenvalue weighted by Crippen LogP contribution is -2.15. The summed E-state index contributed by atoms with van der Waals surface area (Å²) < 4.78 is 11.5. The molecule has 1 aromatic carbocycles. The van der Waals surface area contributed by atoms with Crippen molar-refractivity contribution in [3.8, 4) is 17.4 Å². The van der Waals surface area contributed by atoms with Crippen LogP contribution in [0.2, 0.25) is 0 Å². The Kier molecular flexibility index (Phi) is 4.37. The number of oxazole rings is 1. The van der Waals surface area contributed by atoms with E-state index in [9.17, 15) is 9.90 Å². The number of phenolic OH excluding ortho intramolecular Hbond substituents is 1. The number of aryl methyl sites for hydroxylation is 1. The molecule has 7 heteroatoms. The molecule has 6 nitrogen and oxygen atoms in total. The topological polar surface area (TPSA) is 88.5 Å². The number of hydrogen-bond donors (Lipinski definition) is 2. The molecule has 3 rings (SSSR count). The van der Waals surface area contributed by atoms with Crippen molar-refractivity contribution in [2.24, 2.45) is 0 Å². The van der Waals surface area contributed by atoms with Gasteiger partial charge in [-0.2, -0.15) is 0 Å². The number of carbonyl (C=O) groups excluding carboxylic acids is 1. The first-order chi connectivity index (χ1) is 11.0. The average molecular weight is 424 g/mol. The monoisotopic (exact) mass is 424 g/mol. The first kappa shape index (κ1) is 15.6. The van der Waals surface area contributed by atoms with E-state index in [0.717, 1.165) is 3.57 Å². The Morgan fingerprint density at radius 3 is 2.91 bits per heavy atom. The molecule has 3 aromatic rings. The maximum atomic E-state index is 12.2. The first-order valence-electron chi connectivity index (χ1n) is 6.81. The molecular weight excluding hydrogens is 411 g/mol. The lowest BCUT2D eigenvalue weighted by Gasteiger charge is -2.07. The number of amides is 1. The molecule has 2 N–H and O–H groups in total.